The van der Waals surface area contributed by atoms with Crippen molar-refractivity contribution in [3.05, 3.63) is 29.6 Å². The van der Waals surface area contributed by atoms with Crippen molar-refractivity contribution in [1.29, 1.82) is 0 Å². The number of nitrogens with one attached hydrogen (secondary N) is 1. The van der Waals surface area contributed by atoms with Gasteiger partial charge in [-0.1, -0.05) is 19.1 Å². The second kappa shape index (κ2) is 5.71. The van der Waals surface area contributed by atoms with Crippen molar-refractivity contribution in [2.45, 2.75) is 32.4 Å². The van der Waals surface area contributed by atoms with Crippen LogP contribution < -0.4 is 10.1 Å². The van der Waals surface area contributed by atoms with Crippen LogP contribution in [-0.4, -0.2) is 35.9 Å². The number of ether oxygens (including phenoxy) is 1. The summed E-state index contributed by atoms with van der Waals surface area (Å²) in [5, 5.41) is 2.58. The van der Waals surface area contributed by atoms with Gasteiger partial charge in [-0.3, -0.25) is 9.59 Å². The first-order chi connectivity index (χ1) is 9.93. The van der Waals surface area contributed by atoms with Crippen LogP contribution in [0, 0.1) is 5.82 Å². The highest BCUT2D eigenvalue weighted by atomic mass is 19.1. The Balaban J connectivity index is 2.36. The van der Waals surface area contributed by atoms with E-state index in [0.717, 1.165) is 0 Å². The van der Waals surface area contributed by atoms with Gasteiger partial charge in [0.1, 0.15) is 5.54 Å². The van der Waals surface area contributed by atoms with Crippen molar-refractivity contribution in [3.8, 4) is 5.75 Å². The number of rotatable bonds is 4. The van der Waals surface area contributed by atoms with E-state index >= 15 is 0 Å². The number of nitrogens with zero attached hydrogens (tertiary/aromatic N) is 1. The van der Waals surface area contributed by atoms with Crippen LogP contribution in [0.1, 0.15) is 25.8 Å². The molecule has 1 unspecified atom stereocenters. The predicted molar refractivity (Wildman–Crippen MR) is 75.2 cm³/mol. The summed E-state index contributed by atoms with van der Waals surface area (Å²) in [7, 11) is 1.39. The van der Waals surface area contributed by atoms with Crippen LogP contribution in [0.25, 0.3) is 0 Å². The van der Waals surface area contributed by atoms with Crippen LogP contribution in [0.15, 0.2) is 18.2 Å². The molecular formula is C15H19FN2O3. The molecule has 21 heavy (non-hydrogen) atoms. The van der Waals surface area contributed by atoms with Crippen LogP contribution in [0.3, 0.4) is 0 Å². The monoisotopic (exact) mass is 294 g/mol. The Bertz CT molecular complexity index is 576. The standard InChI is InChI=1S/C15H19FN2O3/c1-4-15(2)14(20)17-8-12(19)18(15)9-10-6-5-7-11(21-3)13(10)16/h5-7H,4,8-9H2,1-3H3,(H,17,20). The topological polar surface area (TPSA) is 58.6 Å². The van der Waals surface area contributed by atoms with Crippen LogP contribution in [-0.2, 0) is 16.1 Å². The number of halogens is 1. The summed E-state index contributed by atoms with van der Waals surface area (Å²) >= 11 is 0. The maximum atomic E-state index is 14.2. The minimum atomic E-state index is -0.967. The molecule has 1 heterocycles. The molecular weight excluding hydrogens is 275 g/mol. The van der Waals surface area contributed by atoms with Gasteiger partial charge in [0, 0.05) is 12.1 Å². The van der Waals surface area contributed by atoms with Crippen LogP contribution >= 0.6 is 0 Å². The molecule has 1 N–H and O–H groups in total. The van der Waals surface area contributed by atoms with Gasteiger partial charge in [-0.25, -0.2) is 4.39 Å². The summed E-state index contributed by atoms with van der Waals surface area (Å²) in [5.74, 6) is -0.814. The van der Waals surface area contributed by atoms with Gasteiger partial charge in [0.05, 0.1) is 13.7 Å². The Kier molecular flexibility index (Phi) is 4.16. The van der Waals surface area contributed by atoms with Crippen molar-refractivity contribution in [3.63, 3.8) is 0 Å². The zero-order valence-electron chi connectivity index (χ0n) is 12.4. The van der Waals surface area contributed by atoms with Crippen molar-refractivity contribution in [2.75, 3.05) is 13.7 Å². The minimum absolute atomic E-state index is 0.0413. The highest BCUT2D eigenvalue weighted by Gasteiger charge is 2.44. The SMILES string of the molecule is CCC1(C)C(=O)NCC(=O)N1Cc1cccc(OC)c1F. The number of carbonyl (C=O) groups is 2. The summed E-state index contributed by atoms with van der Waals surface area (Å²) in [6.45, 7) is 3.50. The molecule has 1 aliphatic heterocycles. The second-order valence-corrected chi connectivity index (χ2v) is 5.22. The highest BCUT2D eigenvalue weighted by molar-refractivity contribution is 5.97. The number of methoxy groups -OCH3 is 1. The molecule has 5 nitrogen and oxygen atoms in total. The lowest BCUT2D eigenvalue weighted by Crippen LogP contribution is -2.65. The van der Waals surface area contributed by atoms with Gasteiger partial charge in [-0.2, -0.15) is 0 Å². The summed E-state index contributed by atoms with van der Waals surface area (Å²) in [5.41, 5.74) is -0.637. The predicted octanol–water partition coefficient (Wildman–Crippen LogP) is 1.46. The fourth-order valence-corrected chi connectivity index (χ4v) is 2.46. The Morgan fingerprint density at radius 1 is 1.43 bits per heavy atom. The molecule has 2 rings (SSSR count). The molecule has 0 saturated carbocycles. The lowest BCUT2D eigenvalue weighted by Gasteiger charge is -2.43. The summed E-state index contributed by atoms with van der Waals surface area (Å²) in [6.07, 6.45) is 0.455. The Morgan fingerprint density at radius 2 is 2.14 bits per heavy atom. The summed E-state index contributed by atoms with van der Waals surface area (Å²) in [4.78, 5) is 25.7. The maximum absolute atomic E-state index is 14.2. The van der Waals surface area contributed by atoms with Crippen LogP contribution in [0.2, 0.25) is 0 Å². The van der Waals surface area contributed by atoms with Crippen LogP contribution in [0.5, 0.6) is 5.75 Å². The van der Waals surface area contributed by atoms with Gasteiger partial charge < -0.3 is 15.0 Å². The number of hydrogen-bond donors (Lipinski definition) is 1. The van der Waals surface area contributed by atoms with Crippen molar-refractivity contribution in [2.24, 2.45) is 0 Å². The average molecular weight is 294 g/mol. The number of amides is 2. The van der Waals surface area contributed by atoms with Crippen molar-refractivity contribution < 1.29 is 18.7 Å². The van der Waals surface area contributed by atoms with Gasteiger partial charge in [0.15, 0.2) is 11.6 Å². The molecule has 0 aromatic heterocycles. The number of benzene rings is 1. The molecule has 1 aromatic carbocycles. The number of hydrogen-bond acceptors (Lipinski definition) is 3. The summed E-state index contributed by atoms with van der Waals surface area (Å²) in [6, 6.07) is 4.77. The molecule has 0 radical (unpaired) electrons. The van der Waals surface area contributed by atoms with E-state index in [2.05, 4.69) is 5.32 Å². The first-order valence-electron chi connectivity index (χ1n) is 6.84. The highest BCUT2D eigenvalue weighted by Crippen LogP contribution is 2.28. The molecule has 1 saturated heterocycles. The third-order valence-electron chi connectivity index (χ3n) is 4.07. The molecule has 0 bridgehead atoms. The van der Waals surface area contributed by atoms with E-state index in [4.69, 9.17) is 4.74 Å². The fourth-order valence-electron chi connectivity index (χ4n) is 2.46. The van der Waals surface area contributed by atoms with Crippen molar-refractivity contribution in [1.82, 2.24) is 10.2 Å². The zero-order chi connectivity index (χ0) is 15.6. The molecule has 0 spiro atoms. The lowest BCUT2D eigenvalue weighted by atomic mass is 9.92. The average Bonchev–Trinajstić information content (AvgIpc) is 2.49. The first kappa shape index (κ1) is 15.3. The zero-order valence-corrected chi connectivity index (χ0v) is 12.4. The van der Waals surface area contributed by atoms with Crippen molar-refractivity contribution >= 4 is 11.8 Å². The fraction of sp³-hybridized carbons (Fsp3) is 0.467. The molecule has 1 atom stereocenters. The van der Waals surface area contributed by atoms with E-state index in [1.54, 1.807) is 19.1 Å². The van der Waals surface area contributed by atoms with E-state index in [0.29, 0.717) is 12.0 Å². The van der Waals surface area contributed by atoms with Gasteiger partial charge in [-0.05, 0) is 19.4 Å². The third-order valence-corrected chi connectivity index (χ3v) is 4.07. The van der Waals surface area contributed by atoms with E-state index in [1.807, 2.05) is 6.92 Å². The normalized spacial score (nSPS) is 22.2. The first-order valence-corrected chi connectivity index (χ1v) is 6.84. The van der Waals surface area contributed by atoms with Gasteiger partial charge >= 0.3 is 0 Å². The van der Waals surface area contributed by atoms with Gasteiger partial charge in [-0.15, -0.1) is 0 Å². The summed E-state index contributed by atoms with van der Waals surface area (Å²) < 4.78 is 19.2. The molecule has 1 aromatic rings. The lowest BCUT2D eigenvalue weighted by molar-refractivity contribution is -0.153. The minimum Gasteiger partial charge on any atom is -0.494 e. The van der Waals surface area contributed by atoms with Crippen LogP contribution in [0.4, 0.5) is 4.39 Å². The van der Waals surface area contributed by atoms with E-state index in [1.165, 1.54) is 18.1 Å². The maximum Gasteiger partial charge on any atom is 0.246 e. The van der Waals surface area contributed by atoms with E-state index in [9.17, 15) is 14.0 Å². The van der Waals surface area contributed by atoms with Gasteiger partial charge in [0.2, 0.25) is 11.8 Å². The quantitative estimate of drug-likeness (QED) is 0.914. The Morgan fingerprint density at radius 3 is 2.76 bits per heavy atom. The largest absolute Gasteiger partial charge is 0.494 e. The molecule has 6 heteroatoms. The second-order valence-electron chi connectivity index (χ2n) is 5.22. The smallest absolute Gasteiger partial charge is 0.246 e. The molecule has 1 aliphatic rings. The Hall–Kier alpha value is -2.11. The Labute approximate surface area is 123 Å². The number of carbonyl (C=O) groups excluding carboxylic acids is 2. The molecule has 0 aliphatic carbocycles. The molecule has 2 amide bonds. The van der Waals surface area contributed by atoms with E-state index < -0.39 is 11.4 Å². The molecule has 114 valence electrons. The van der Waals surface area contributed by atoms with E-state index in [-0.39, 0.29) is 30.7 Å². The number of piperazine rings is 1. The molecule has 1 fully saturated rings. The van der Waals surface area contributed by atoms with Gasteiger partial charge in [0.25, 0.3) is 0 Å². The third kappa shape index (κ3) is 2.57.